The van der Waals surface area contributed by atoms with Crippen LogP contribution in [0.2, 0.25) is 0 Å². The van der Waals surface area contributed by atoms with Gasteiger partial charge in [-0.05, 0) is 44.8 Å². The highest BCUT2D eigenvalue weighted by molar-refractivity contribution is 5.83. The molecule has 1 aromatic carbocycles. The van der Waals surface area contributed by atoms with Gasteiger partial charge in [0.2, 0.25) is 5.91 Å². The van der Waals surface area contributed by atoms with Crippen molar-refractivity contribution in [2.45, 2.75) is 19.5 Å². The fourth-order valence-electron chi connectivity index (χ4n) is 2.17. The van der Waals surface area contributed by atoms with Crippen LogP contribution in [0.25, 0.3) is 0 Å². The van der Waals surface area contributed by atoms with E-state index in [0.29, 0.717) is 6.54 Å². The zero-order valence-electron chi connectivity index (χ0n) is 12.4. The van der Waals surface area contributed by atoms with Crippen LogP contribution in [0.1, 0.15) is 23.0 Å². The fourth-order valence-corrected chi connectivity index (χ4v) is 2.17. The van der Waals surface area contributed by atoms with Gasteiger partial charge in [-0.25, -0.2) is 4.39 Å². The average Bonchev–Trinajstić information content (AvgIpc) is 2.84. The van der Waals surface area contributed by atoms with E-state index in [1.165, 1.54) is 12.1 Å². The zero-order chi connectivity index (χ0) is 15.4. The molecule has 5 nitrogen and oxygen atoms in total. The summed E-state index contributed by atoms with van der Waals surface area (Å²) in [4.78, 5) is 14.2. The number of halogens is 1. The van der Waals surface area contributed by atoms with Crippen molar-refractivity contribution in [3.63, 3.8) is 0 Å². The van der Waals surface area contributed by atoms with Crippen molar-refractivity contribution < 1.29 is 9.18 Å². The predicted octanol–water partition coefficient (Wildman–Crippen LogP) is 1.78. The maximum Gasteiger partial charge on any atom is 0.242 e. The zero-order valence-corrected chi connectivity index (χ0v) is 12.4. The molecule has 0 spiro atoms. The van der Waals surface area contributed by atoms with Gasteiger partial charge < -0.3 is 5.32 Å². The number of aryl methyl sites for hydroxylation is 1. The number of aromatic amines is 1. The molecule has 0 aliphatic heterocycles. The number of benzene rings is 1. The number of amides is 1. The summed E-state index contributed by atoms with van der Waals surface area (Å²) in [5, 5.41) is 9.75. The Morgan fingerprint density at radius 1 is 1.38 bits per heavy atom. The topological polar surface area (TPSA) is 61.0 Å². The molecule has 0 saturated carbocycles. The van der Waals surface area contributed by atoms with Gasteiger partial charge in [-0.2, -0.15) is 5.10 Å². The fraction of sp³-hybridized carbons (Fsp3) is 0.333. The molecule has 0 saturated heterocycles. The molecule has 0 unspecified atom stereocenters. The first-order valence-electron chi connectivity index (χ1n) is 6.68. The Hall–Kier alpha value is -2.21. The third-order valence-electron chi connectivity index (χ3n) is 3.15. The van der Waals surface area contributed by atoms with Gasteiger partial charge in [-0.1, -0.05) is 12.1 Å². The number of hydrogen-bond donors (Lipinski definition) is 2. The van der Waals surface area contributed by atoms with Gasteiger partial charge in [-0.15, -0.1) is 0 Å². The summed E-state index contributed by atoms with van der Waals surface area (Å²) in [5.74, 6) is -0.462. The lowest BCUT2D eigenvalue weighted by Crippen LogP contribution is -2.36. The van der Waals surface area contributed by atoms with Gasteiger partial charge in [0.15, 0.2) is 0 Å². The smallest absolute Gasteiger partial charge is 0.242 e. The monoisotopic (exact) mass is 290 g/mol. The van der Waals surface area contributed by atoms with Crippen LogP contribution in [-0.4, -0.2) is 35.1 Å². The Morgan fingerprint density at radius 3 is 2.57 bits per heavy atom. The normalized spacial score (nSPS) is 12.4. The first-order chi connectivity index (χ1) is 9.97. The van der Waals surface area contributed by atoms with E-state index in [0.717, 1.165) is 17.0 Å². The minimum Gasteiger partial charge on any atom is -0.349 e. The Balaban J connectivity index is 2.07. The van der Waals surface area contributed by atoms with Crippen LogP contribution in [0.15, 0.2) is 30.3 Å². The van der Waals surface area contributed by atoms with Crippen molar-refractivity contribution in [3.8, 4) is 0 Å². The number of carbonyl (C=O) groups is 1. The largest absolute Gasteiger partial charge is 0.349 e. The first-order valence-corrected chi connectivity index (χ1v) is 6.68. The third-order valence-corrected chi connectivity index (χ3v) is 3.15. The molecule has 0 radical (unpaired) electrons. The van der Waals surface area contributed by atoms with Gasteiger partial charge in [0.25, 0.3) is 0 Å². The predicted molar refractivity (Wildman–Crippen MR) is 78.0 cm³/mol. The molecule has 2 aromatic rings. The van der Waals surface area contributed by atoms with Crippen LogP contribution in [-0.2, 0) is 11.3 Å². The van der Waals surface area contributed by atoms with E-state index in [4.69, 9.17) is 0 Å². The molecule has 2 N–H and O–H groups in total. The van der Waals surface area contributed by atoms with E-state index < -0.39 is 6.04 Å². The molecule has 0 fully saturated rings. The van der Waals surface area contributed by atoms with Gasteiger partial charge in [-0.3, -0.25) is 14.8 Å². The van der Waals surface area contributed by atoms with E-state index in [9.17, 15) is 9.18 Å². The highest BCUT2D eigenvalue weighted by atomic mass is 19.1. The lowest BCUT2D eigenvalue weighted by Gasteiger charge is -2.23. The lowest BCUT2D eigenvalue weighted by molar-refractivity contribution is -0.126. The molecule has 1 heterocycles. The van der Waals surface area contributed by atoms with E-state index in [1.807, 2.05) is 27.1 Å². The molecule has 1 amide bonds. The maximum atomic E-state index is 13.0. The molecule has 21 heavy (non-hydrogen) atoms. The second-order valence-corrected chi connectivity index (χ2v) is 5.18. The second kappa shape index (κ2) is 6.49. The minimum absolute atomic E-state index is 0.146. The summed E-state index contributed by atoms with van der Waals surface area (Å²) in [6.45, 7) is 2.26. The Kier molecular flexibility index (Phi) is 4.70. The van der Waals surface area contributed by atoms with Crippen molar-refractivity contribution in [2.75, 3.05) is 14.1 Å². The van der Waals surface area contributed by atoms with Crippen LogP contribution in [0.3, 0.4) is 0 Å². The second-order valence-electron chi connectivity index (χ2n) is 5.18. The van der Waals surface area contributed by atoms with E-state index in [-0.39, 0.29) is 11.7 Å². The summed E-state index contributed by atoms with van der Waals surface area (Å²) in [7, 11) is 3.62. The van der Waals surface area contributed by atoms with Crippen molar-refractivity contribution in [1.82, 2.24) is 20.4 Å². The molecule has 112 valence electrons. The maximum absolute atomic E-state index is 13.0. The van der Waals surface area contributed by atoms with Crippen molar-refractivity contribution >= 4 is 5.91 Å². The van der Waals surface area contributed by atoms with Crippen LogP contribution in [0.4, 0.5) is 4.39 Å². The molecule has 1 atom stereocenters. The van der Waals surface area contributed by atoms with Crippen LogP contribution in [0, 0.1) is 12.7 Å². The average molecular weight is 290 g/mol. The Bertz CT molecular complexity index is 606. The highest BCUT2D eigenvalue weighted by Gasteiger charge is 2.22. The molecule has 0 aliphatic rings. The number of aromatic nitrogens is 2. The summed E-state index contributed by atoms with van der Waals surface area (Å²) >= 11 is 0. The molecule has 0 bridgehead atoms. The van der Waals surface area contributed by atoms with Crippen molar-refractivity contribution in [3.05, 3.63) is 53.1 Å². The van der Waals surface area contributed by atoms with Crippen LogP contribution in [0.5, 0.6) is 0 Å². The SMILES string of the molecule is Cc1cc(CNC(=O)[C@H](c2ccc(F)cc2)N(C)C)n[nH]1. The summed E-state index contributed by atoms with van der Waals surface area (Å²) in [5.41, 5.74) is 2.47. The first kappa shape index (κ1) is 15.2. The summed E-state index contributed by atoms with van der Waals surface area (Å²) in [6, 6.07) is 7.37. The number of likely N-dealkylation sites (N-methyl/N-ethyl adjacent to an activating group) is 1. The molecule has 2 rings (SSSR count). The number of nitrogens with one attached hydrogen (secondary N) is 2. The van der Waals surface area contributed by atoms with Crippen LogP contribution < -0.4 is 5.32 Å². The van der Waals surface area contributed by atoms with E-state index >= 15 is 0 Å². The molecular weight excluding hydrogens is 271 g/mol. The Labute approximate surface area is 123 Å². The standard InChI is InChI=1S/C15H19FN4O/c1-10-8-13(19-18-10)9-17-15(21)14(20(2)3)11-4-6-12(16)7-5-11/h4-8,14H,9H2,1-3H3,(H,17,21)(H,18,19)/t14-/m0/s1. The van der Waals surface area contributed by atoms with Crippen molar-refractivity contribution in [2.24, 2.45) is 0 Å². The number of nitrogens with zero attached hydrogens (tertiary/aromatic N) is 2. The summed E-state index contributed by atoms with van der Waals surface area (Å²) < 4.78 is 13.0. The highest BCUT2D eigenvalue weighted by Crippen LogP contribution is 2.19. The van der Waals surface area contributed by atoms with Gasteiger partial charge in [0, 0.05) is 5.69 Å². The number of rotatable bonds is 5. The molecule has 6 heteroatoms. The van der Waals surface area contributed by atoms with E-state index in [2.05, 4.69) is 15.5 Å². The third kappa shape index (κ3) is 3.88. The summed E-state index contributed by atoms with van der Waals surface area (Å²) in [6.07, 6.45) is 0. The minimum atomic E-state index is -0.467. The number of H-pyrrole nitrogens is 1. The molecular formula is C15H19FN4O. The van der Waals surface area contributed by atoms with Crippen molar-refractivity contribution in [1.29, 1.82) is 0 Å². The molecule has 1 aromatic heterocycles. The quantitative estimate of drug-likeness (QED) is 0.882. The number of carbonyl (C=O) groups excluding carboxylic acids is 1. The Morgan fingerprint density at radius 2 is 2.05 bits per heavy atom. The van der Waals surface area contributed by atoms with Gasteiger partial charge in [0.05, 0.1) is 12.2 Å². The lowest BCUT2D eigenvalue weighted by atomic mass is 10.1. The van der Waals surface area contributed by atoms with Gasteiger partial charge in [0.1, 0.15) is 11.9 Å². The van der Waals surface area contributed by atoms with E-state index in [1.54, 1.807) is 17.0 Å². The molecule has 0 aliphatic carbocycles. The van der Waals surface area contributed by atoms with Gasteiger partial charge >= 0.3 is 0 Å². The number of hydrogen-bond acceptors (Lipinski definition) is 3. The van der Waals surface area contributed by atoms with Crippen LogP contribution >= 0.6 is 0 Å².